The quantitative estimate of drug-likeness (QED) is 0.358. The largest absolute Gasteiger partial charge is 0.324 e. The number of allylic oxidation sites excluding steroid dienone is 2. The van der Waals surface area contributed by atoms with Crippen LogP contribution in [0.2, 0.25) is 0 Å². The average Bonchev–Trinajstić information content (AvgIpc) is 3.24. The predicted octanol–water partition coefficient (Wildman–Crippen LogP) is 5.83. The molecule has 34 heavy (non-hydrogen) atoms. The van der Waals surface area contributed by atoms with Gasteiger partial charge in [0.05, 0.1) is 5.69 Å². The minimum atomic E-state index is -1.01. The molecule has 1 atom stereocenters. The Bertz CT molecular complexity index is 1150. The van der Waals surface area contributed by atoms with Crippen molar-refractivity contribution in [3.63, 3.8) is 0 Å². The Hall–Kier alpha value is -3.38. The maximum atomic E-state index is 13.9. The Balaban J connectivity index is 1.12. The Morgan fingerprint density at radius 3 is 2.59 bits per heavy atom. The van der Waals surface area contributed by atoms with Crippen molar-refractivity contribution in [1.82, 2.24) is 14.9 Å². The van der Waals surface area contributed by atoms with Gasteiger partial charge in [-0.05, 0) is 86.2 Å². The number of nitrogens with one attached hydrogen (secondary N) is 1. The fraction of sp³-hybridized carbons (Fsp3) is 0.321. The number of rotatable bonds is 7. The van der Waals surface area contributed by atoms with Crippen LogP contribution in [0.15, 0.2) is 72.9 Å². The van der Waals surface area contributed by atoms with E-state index >= 15 is 0 Å². The maximum absolute atomic E-state index is 13.9. The van der Waals surface area contributed by atoms with Crippen LogP contribution < -0.4 is 5.32 Å². The lowest BCUT2D eigenvalue weighted by Crippen LogP contribution is -2.32. The lowest BCUT2D eigenvalue weighted by atomic mass is 9.95. The van der Waals surface area contributed by atoms with Gasteiger partial charge in [-0.2, -0.15) is 0 Å². The number of piperidine rings is 1. The number of hydrogen-bond donors (Lipinski definition) is 1. The van der Waals surface area contributed by atoms with Crippen molar-refractivity contribution in [3.8, 4) is 0 Å². The summed E-state index contributed by atoms with van der Waals surface area (Å²) in [6.07, 6.45) is 7.77. The molecule has 0 radical (unpaired) electrons. The number of benzene rings is 2. The van der Waals surface area contributed by atoms with E-state index in [9.17, 15) is 9.18 Å². The number of halogens is 1. The molecule has 5 rings (SSSR count). The van der Waals surface area contributed by atoms with Crippen molar-refractivity contribution >= 4 is 17.4 Å². The topological polar surface area (TPSA) is 58.1 Å². The van der Waals surface area contributed by atoms with Gasteiger partial charge in [0.15, 0.2) is 5.78 Å². The molecule has 2 aliphatic rings. The van der Waals surface area contributed by atoms with E-state index in [4.69, 9.17) is 0 Å². The molecule has 3 aromatic rings. The molecule has 0 saturated carbocycles. The number of nitrogens with zero attached hydrogens (tertiary/aromatic N) is 3. The van der Waals surface area contributed by atoms with Gasteiger partial charge in [-0.3, -0.25) is 9.69 Å². The van der Waals surface area contributed by atoms with Gasteiger partial charge in [0.25, 0.3) is 0 Å². The summed E-state index contributed by atoms with van der Waals surface area (Å²) in [5, 5.41) is 3.10. The number of anilines is 2. The Morgan fingerprint density at radius 2 is 1.82 bits per heavy atom. The first-order valence-electron chi connectivity index (χ1n) is 12.0. The second kappa shape index (κ2) is 10.3. The molecule has 5 nitrogen and oxygen atoms in total. The number of alkyl halides is 1. The minimum Gasteiger partial charge on any atom is -0.324 e. The molecule has 1 aromatic heterocycles. The van der Waals surface area contributed by atoms with Crippen molar-refractivity contribution in [2.24, 2.45) is 5.92 Å². The molecule has 1 N–H and O–H groups in total. The molecule has 174 valence electrons. The monoisotopic (exact) mass is 456 g/mol. The van der Waals surface area contributed by atoms with Crippen LogP contribution in [0.25, 0.3) is 0 Å². The van der Waals surface area contributed by atoms with Crippen LogP contribution in [0.3, 0.4) is 0 Å². The summed E-state index contributed by atoms with van der Waals surface area (Å²) in [6, 6.07) is 17.8. The zero-order valence-corrected chi connectivity index (χ0v) is 19.2. The highest BCUT2D eigenvalue weighted by molar-refractivity contribution is 6.04. The summed E-state index contributed by atoms with van der Waals surface area (Å²) in [5.41, 5.74) is 4.12. The maximum Gasteiger partial charge on any atom is 0.227 e. The number of ketones is 1. The van der Waals surface area contributed by atoms with E-state index in [1.165, 1.54) is 5.56 Å². The van der Waals surface area contributed by atoms with Gasteiger partial charge in [-0.25, -0.2) is 14.4 Å². The third-order valence-corrected chi connectivity index (χ3v) is 6.69. The molecule has 0 amide bonds. The summed E-state index contributed by atoms with van der Waals surface area (Å²) in [7, 11) is 0. The Kier molecular flexibility index (Phi) is 6.77. The van der Waals surface area contributed by atoms with Crippen molar-refractivity contribution in [2.75, 3.05) is 18.4 Å². The summed E-state index contributed by atoms with van der Waals surface area (Å²) < 4.78 is 13.9. The standard InChI is InChI=1S/C28H29FN4O/c29-25-12-9-23-18-30-28(32-27(23)25)31-24-10-7-22(8-11-24)26(34)13-6-20-14-16-33(17-15-20)19-21-4-2-1-3-5-21/h1-8,10-11,13,18,20,25H,9,12,14-17,19H2,(H,30,31,32)/b13-6+. The number of carbonyl (C=O) groups is 1. The molecule has 1 unspecified atom stereocenters. The highest BCUT2D eigenvalue weighted by Crippen LogP contribution is 2.32. The van der Waals surface area contributed by atoms with Gasteiger partial charge in [-0.15, -0.1) is 0 Å². The first-order valence-corrected chi connectivity index (χ1v) is 12.0. The molecular weight excluding hydrogens is 427 g/mol. The lowest BCUT2D eigenvalue weighted by Gasteiger charge is -2.30. The van der Waals surface area contributed by atoms with Crippen molar-refractivity contribution in [2.45, 2.75) is 38.4 Å². The van der Waals surface area contributed by atoms with Gasteiger partial charge in [0, 0.05) is 24.0 Å². The number of likely N-dealkylation sites (tertiary alicyclic amines) is 1. The second-order valence-corrected chi connectivity index (χ2v) is 9.14. The van der Waals surface area contributed by atoms with Crippen LogP contribution in [-0.2, 0) is 13.0 Å². The van der Waals surface area contributed by atoms with E-state index < -0.39 is 6.17 Å². The highest BCUT2D eigenvalue weighted by atomic mass is 19.1. The van der Waals surface area contributed by atoms with Crippen LogP contribution >= 0.6 is 0 Å². The number of hydrogen-bond acceptors (Lipinski definition) is 5. The van der Waals surface area contributed by atoms with Gasteiger partial charge in [-0.1, -0.05) is 36.4 Å². The Morgan fingerprint density at radius 1 is 1.06 bits per heavy atom. The molecule has 0 bridgehead atoms. The fourth-order valence-corrected chi connectivity index (χ4v) is 4.67. The van der Waals surface area contributed by atoms with Crippen LogP contribution in [0.5, 0.6) is 0 Å². The smallest absolute Gasteiger partial charge is 0.227 e. The van der Waals surface area contributed by atoms with E-state index in [-0.39, 0.29) is 5.78 Å². The SMILES string of the molecule is O=C(/C=C/C1CCN(Cc2ccccc2)CC1)c1ccc(Nc2ncc3c(n2)C(F)CC3)cc1. The summed E-state index contributed by atoms with van der Waals surface area (Å²) in [5.74, 6) is 0.821. The molecule has 6 heteroatoms. The third-order valence-electron chi connectivity index (χ3n) is 6.69. The van der Waals surface area contributed by atoms with Gasteiger partial charge in [0.1, 0.15) is 6.17 Å². The fourth-order valence-electron chi connectivity index (χ4n) is 4.67. The van der Waals surface area contributed by atoms with E-state index in [0.29, 0.717) is 36.0 Å². The van der Waals surface area contributed by atoms with Crippen molar-refractivity contribution in [1.29, 1.82) is 0 Å². The molecule has 2 heterocycles. The average molecular weight is 457 g/mol. The second-order valence-electron chi connectivity index (χ2n) is 9.14. The number of aryl methyl sites for hydroxylation is 1. The van der Waals surface area contributed by atoms with Gasteiger partial charge < -0.3 is 5.32 Å². The lowest BCUT2D eigenvalue weighted by molar-refractivity contribution is 0.104. The minimum absolute atomic E-state index is 0.00677. The van der Waals surface area contributed by atoms with E-state index in [0.717, 1.165) is 43.7 Å². The molecule has 1 fully saturated rings. The first-order chi connectivity index (χ1) is 16.6. The van der Waals surface area contributed by atoms with E-state index in [1.807, 2.05) is 18.2 Å². The van der Waals surface area contributed by atoms with Crippen LogP contribution in [0.4, 0.5) is 16.0 Å². The predicted molar refractivity (Wildman–Crippen MR) is 132 cm³/mol. The van der Waals surface area contributed by atoms with Crippen LogP contribution in [-0.4, -0.2) is 33.7 Å². The molecular formula is C28H29FN4O. The first kappa shape index (κ1) is 22.4. The van der Waals surface area contributed by atoms with Gasteiger partial charge >= 0.3 is 0 Å². The van der Waals surface area contributed by atoms with Crippen molar-refractivity contribution in [3.05, 3.63) is 95.3 Å². The number of fused-ring (bicyclic) bond motifs is 1. The zero-order chi connectivity index (χ0) is 23.3. The molecule has 2 aromatic carbocycles. The van der Waals surface area contributed by atoms with E-state index in [1.54, 1.807) is 24.4 Å². The molecule has 0 spiro atoms. The van der Waals surface area contributed by atoms with E-state index in [2.05, 4.69) is 50.5 Å². The van der Waals surface area contributed by atoms with Crippen LogP contribution in [0.1, 0.15) is 52.6 Å². The zero-order valence-electron chi connectivity index (χ0n) is 19.2. The number of aromatic nitrogens is 2. The van der Waals surface area contributed by atoms with Crippen molar-refractivity contribution < 1.29 is 9.18 Å². The Labute approximate surface area is 199 Å². The summed E-state index contributed by atoms with van der Waals surface area (Å²) >= 11 is 0. The van der Waals surface area contributed by atoms with Gasteiger partial charge in [0.2, 0.25) is 5.95 Å². The molecule has 1 saturated heterocycles. The number of carbonyl (C=O) groups excluding carboxylic acids is 1. The summed E-state index contributed by atoms with van der Waals surface area (Å²) in [4.78, 5) is 23.7. The van der Waals surface area contributed by atoms with Crippen LogP contribution in [0, 0.1) is 5.92 Å². The molecule has 1 aliphatic heterocycles. The highest BCUT2D eigenvalue weighted by Gasteiger charge is 2.24. The third kappa shape index (κ3) is 5.39. The molecule has 1 aliphatic carbocycles. The normalized spacial score (nSPS) is 18.8. The summed E-state index contributed by atoms with van der Waals surface area (Å²) in [6.45, 7) is 3.08.